The summed E-state index contributed by atoms with van der Waals surface area (Å²) in [7, 11) is 0. The molecule has 0 spiro atoms. The second kappa shape index (κ2) is 7.74. The third kappa shape index (κ3) is 4.53. The third-order valence-electron chi connectivity index (χ3n) is 3.26. The van der Waals surface area contributed by atoms with E-state index < -0.39 is 17.9 Å². The van der Waals surface area contributed by atoms with Gasteiger partial charge in [0.15, 0.2) is 0 Å². The zero-order chi connectivity index (χ0) is 16.8. The molecule has 23 heavy (non-hydrogen) atoms. The molecule has 2 rings (SSSR count). The molecule has 0 saturated carbocycles. The zero-order valence-electron chi connectivity index (χ0n) is 12.0. The molecular weight excluding hydrogens is 407 g/mol. The van der Waals surface area contributed by atoms with Gasteiger partial charge in [0.1, 0.15) is 6.04 Å². The maximum atomic E-state index is 12.2. The van der Waals surface area contributed by atoms with E-state index >= 15 is 0 Å². The topological polar surface area (TPSA) is 90.2 Å². The van der Waals surface area contributed by atoms with Gasteiger partial charge in [-0.2, -0.15) is 5.26 Å². The van der Waals surface area contributed by atoms with Crippen LogP contribution in [0.1, 0.15) is 21.5 Å². The highest BCUT2D eigenvalue weighted by atomic mass is 127. The van der Waals surface area contributed by atoms with E-state index in [0.717, 1.165) is 9.13 Å². The summed E-state index contributed by atoms with van der Waals surface area (Å²) in [5.41, 5.74) is 1.62. The van der Waals surface area contributed by atoms with Gasteiger partial charge >= 0.3 is 5.97 Å². The first kappa shape index (κ1) is 17.0. The lowest BCUT2D eigenvalue weighted by atomic mass is 10.1. The molecular formula is C17H13IN2O3. The minimum atomic E-state index is -1.09. The number of carboxylic acids is 1. The number of carbonyl (C=O) groups excluding carboxylic acids is 1. The molecule has 0 unspecified atom stereocenters. The lowest BCUT2D eigenvalue weighted by Crippen LogP contribution is -2.42. The smallest absolute Gasteiger partial charge is 0.326 e. The van der Waals surface area contributed by atoms with Crippen molar-refractivity contribution in [1.29, 1.82) is 5.26 Å². The van der Waals surface area contributed by atoms with Gasteiger partial charge < -0.3 is 10.4 Å². The normalized spacial score (nSPS) is 11.3. The van der Waals surface area contributed by atoms with E-state index in [9.17, 15) is 14.7 Å². The highest BCUT2D eigenvalue weighted by molar-refractivity contribution is 14.1. The van der Waals surface area contributed by atoms with Crippen molar-refractivity contribution in [2.45, 2.75) is 12.5 Å². The Hall–Kier alpha value is -2.40. The Morgan fingerprint density at radius 1 is 1.17 bits per heavy atom. The summed E-state index contributed by atoms with van der Waals surface area (Å²) in [6.45, 7) is 0. The van der Waals surface area contributed by atoms with Crippen molar-refractivity contribution in [1.82, 2.24) is 5.32 Å². The van der Waals surface area contributed by atoms with Gasteiger partial charge in [-0.1, -0.05) is 18.2 Å². The van der Waals surface area contributed by atoms with E-state index in [2.05, 4.69) is 27.9 Å². The third-order valence-corrected chi connectivity index (χ3v) is 4.31. The average molecular weight is 420 g/mol. The van der Waals surface area contributed by atoms with Crippen molar-refractivity contribution in [3.63, 3.8) is 0 Å². The second-order valence-electron chi connectivity index (χ2n) is 4.85. The van der Waals surface area contributed by atoms with Crippen molar-refractivity contribution in [2.24, 2.45) is 0 Å². The molecule has 0 aliphatic rings. The van der Waals surface area contributed by atoms with Crippen LogP contribution in [0, 0.1) is 14.9 Å². The molecule has 0 radical (unpaired) electrons. The predicted molar refractivity (Wildman–Crippen MR) is 92.9 cm³/mol. The lowest BCUT2D eigenvalue weighted by Gasteiger charge is -2.15. The first-order chi connectivity index (χ1) is 11.0. The van der Waals surface area contributed by atoms with Gasteiger partial charge in [0.25, 0.3) is 5.91 Å². The molecule has 2 aromatic rings. The van der Waals surface area contributed by atoms with Gasteiger partial charge in [0.2, 0.25) is 0 Å². The standard InChI is InChI=1S/C17H13IN2O3/c18-14-4-2-1-3-13(14)9-15(17(22)23)20-16(21)12-7-5-11(10-19)6-8-12/h1-8,15H,9H2,(H,20,21)(H,22,23)/t15-/m1/s1. The number of carbonyl (C=O) groups is 2. The SMILES string of the molecule is N#Cc1ccc(C(=O)N[C@H](Cc2ccccc2I)C(=O)O)cc1. The van der Waals surface area contributed by atoms with Gasteiger partial charge in [0.05, 0.1) is 11.6 Å². The molecule has 0 aliphatic heterocycles. The van der Waals surface area contributed by atoms with Gasteiger partial charge in [-0.15, -0.1) is 0 Å². The number of aliphatic carboxylic acids is 1. The Kier molecular flexibility index (Phi) is 5.71. The fraction of sp³-hybridized carbons (Fsp3) is 0.118. The van der Waals surface area contributed by atoms with Gasteiger partial charge in [-0.3, -0.25) is 4.79 Å². The summed E-state index contributed by atoms with van der Waals surface area (Å²) in [5, 5.41) is 20.6. The number of amides is 1. The van der Waals surface area contributed by atoms with Gasteiger partial charge in [0, 0.05) is 15.6 Å². The van der Waals surface area contributed by atoms with Crippen molar-refractivity contribution in [3.05, 3.63) is 68.8 Å². The summed E-state index contributed by atoms with van der Waals surface area (Å²) < 4.78 is 0.948. The Morgan fingerprint density at radius 2 is 1.83 bits per heavy atom. The number of hydrogen-bond acceptors (Lipinski definition) is 3. The number of hydrogen-bond donors (Lipinski definition) is 2. The Bertz CT molecular complexity index is 766. The van der Waals surface area contributed by atoms with Crippen LogP contribution in [-0.2, 0) is 11.2 Å². The van der Waals surface area contributed by atoms with Gasteiger partial charge in [-0.05, 0) is 58.5 Å². The van der Waals surface area contributed by atoms with Gasteiger partial charge in [-0.25, -0.2) is 4.79 Å². The van der Waals surface area contributed by atoms with E-state index in [1.807, 2.05) is 30.3 Å². The summed E-state index contributed by atoms with van der Waals surface area (Å²) in [5.74, 6) is -1.57. The molecule has 1 amide bonds. The van der Waals surface area contributed by atoms with Crippen LogP contribution in [0.25, 0.3) is 0 Å². The molecule has 1 atom stereocenters. The lowest BCUT2D eigenvalue weighted by molar-refractivity contribution is -0.139. The van der Waals surface area contributed by atoms with Crippen LogP contribution >= 0.6 is 22.6 Å². The molecule has 0 aliphatic carbocycles. The molecule has 0 heterocycles. The Morgan fingerprint density at radius 3 is 2.39 bits per heavy atom. The van der Waals surface area contributed by atoms with E-state index in [1.165, 1.54) is 24.3 Å². The average Bonchev–Trinajstić information content (AvgIpc) is 2.56. The maximum Gasteiger partial charge on any atom is 0.326 e. The summed E-state index contributed by atoms with van der Waals surface area (Å²) in [6, 6.07) is 14.4. The number of nitriles is 1. The Labute approximate surface area is 147 Å². The van der Waals surface area contributed by atoms with Crippen LogP contribution in [0.5, 0.6) is 0 Å². The molecule has 2 aromatic carbocycles. The monoisotopic (exact) mass is 420 g/mol. The van der Waals surface area contributed by atoms with E-state index in [0.29, 0.717) is 11.1 Å². The molecule has 6 heteroatoms. The predicted octanol–water partition coefficient (Wildman–Crippen LogP) is 2.59. The quantitative estimate of drug-likeness (QED) is 0.728. The highest BCUT2D eigenvalue weighted by Gasteiger charge is 2.22. The van der Waals surface area contributed by atoms with Crippen LogP contribution in [0.15, 0.2) is 48.5 Å². The summed E-state index contributed by atoms with van der Waals surface area (Å²) in [6.07, 6.45) is 0.205. The van der Waals surface area contributed by atoms with E-state index in [-0.39, 0.29) is 6.42 Å². The van der Waals surface area contributed by atoms with Crippen molar-refractivity contribution < 1.29 is 14.7 Å². The number of benzene rings is 2. The molecule has 0 fully saturated rings. The first-order valence-electron chi connectivity index (χ1n) is 6.78. The Balaban J connectivity index is 2.13. The first-order valence-corrected chi connectivity index (χ1v) is 7.86. The van der Waals surface area contributed by atoms with Crippen LogP contribution in [-0.4, -0.2) is 23.0 Å². The minimum absolute atomic E-state index is 0.205. The highest BCUT2D eigenvalue weighted by Crippen LogP contribution is 2.14. The summed E-state index contributed by atoms with van der Waals surface area (Å²) in [4.78, 5) is 23.6. The molecule has 116 valence electrons. The van der Waals surface area contributed by atoms with Crippen LogP contribution < -0.4 is 5.32 Å². The molecule has 0 saturated heterocycles. The zero-order valence-corrected chi connectivity index (χ0v) is 14.1. The maximum absolute atomic E-state index is 12.2. The molecule has 0 aromatic heterocycles. The number of rotatable bonds is 5. The molecule has 2 N–H and O–H groups in total. The number of carboxylic acid groups (broad SMARTS) is 1. The number of nitrogens with zero attached hydrogens (tertiary/aromatic N) is 1. The molecule has 0 bridgehead atoms. The fourth-order valence-corrected chi connectivity index (χ4v) is 2.63. The van der Waals surface area contributed by atoms with E-state index in [4.69, 9.17) is 5.26 Å². The fourth-order valence-electron chi connectivity index (χ4n) is 2.02. The van der Waals surface area contributed by atoms with Crippen LogP contribution in [0.2, 0.25) is 0 Å². The summed E-state index contributed by atoms with van der Waals surface area (Å²) >= 11 is 2.13. The molecule has 5 nitrogen and oxygen atoms in total. The second-order valence-corrected chi connectivity index (χ2v) is 6.01. The minimum Gasteiger partial charge on any atom is -0.480 e. The van der Waals surface area contributed by atoms with Crippen molar-refractivity contribution in [2.75, 3.05) is 0 Å². The number of halogens is 1. The van der Waals surface area contributed by atoms with Crippen molar-refractivity contribution in [3.8, 4) is 6.07 Å². The van der Waals surface area contributed by atoms with Crippen LogP contribution in [0.4, 0.5) is 0 Å². The van der Waals surface area contributed by atoms with Crippen molar-refractivity contribution >= 4 is 34.5 Å². The van der Waals surface area contributed by atoms with Crippen LogP contribution in [0.3, 0.4) is 0 Å². The van der Waals surface area contributed by atoms with E-state index in [1.54, 1.807) is 0 Å². The number of nitrogens with one attached hydrogen (secondary N) is 1. The largest absolute Gasteiger partial charge is 0.480 e.